The van der Waals surface area contributed by atoms with Crippen molar-refractivity contribution in [3.63, 3.8) is 0 Å². The Labute approximate surface area is 260 Å². The number of hydrogen-bond donors (Lipinski definition) is 2. The zero-order valence-corrected chi connectivity index (χ0v) is 26.9. The first-order valence-corrected chi connectivity index (χ1v) is 15.7. The fourth-order valence-corrected chi connectivity index (χ4v) is 5.81. The average molecular weight is 613 g/mol. The van der Waals surface area contributed by atoms with E-state index in [9.17, 15) is 14.4 Å². The van der Waals surface area contributed by atoms with E-state index in [0.717, 1.165) is 38.2 Å². The van der Waals surface area contributed by atoms with E-state index in [1.165, 1.54) is 4.90 Å². The molecule has 0 radical (unpaired) electrons. The first-order chi connectivity index (χ1) is 20.8. The smallest absolute Gasteiger partial charge is 0.408 e. The number of primary amides is 1. The predicted octanol–water partition coefficient (Wildman–Crippen LogP) is 4.56. The molecule has 4 rings (SSSR count). The highest BCUT2D eigenvalue weighted by Gasteiger charge is 2.38. The Kier molecular flexibility index (Phi) is 10.7. The van der Waals surface area contributed by atoms with Crippen molar-refractivity contribution in [3.05, 3.63) is 35.7 Å². The highest BCUT2D eigenvalue weighted by Crippen LogP contribution is 2.30. The predicted molar refractivity (Wildman–Crippen MR) is 165 cm³/mol. The molecule has 0 aliphatic carbocycles. The maximum atomic E-state index is 13.6. The molecule has 12 heteroatoms. The van der Waals surface area contributed by atoms with Crippen LogP contribution in [0, 0.1) is 11.8 Å². The van der Waals surface area contributed by atoms with E-state index < -0.39 is 35.6 Å². The van der Waals surface area contributed by atoms with Gasteiger partial charge in [-0.1, -0.05) is 38.1 Å². The van der Waals surface area contributed by atoms with Gasteiger partial charge in [-0.3, -0.25) is 9.59 Å². The summed E-state index contributed by atoms with van der Waals surface area (Å²) in [5.41, 5.74) is 5.38. The number of amides is 3. The Hall–Kier alpha value is -3.83. The number of rotatable bonds is 11. The van der Waals surface area contributed by atoms with Crippen LogP contribution in [0.2, 0.25) is 0 Å². The SMILES string of the molecule is CC(C)c1noc(N2CCC([C@H](C)CCOc3ccc([C@H](NC(=O)OC(C)(C)C)C(=O)N4CCC[C@H]4C(N)=O)cc3)CC2)n1. The quantitative estimate of drug-likeness (QED) is 0.372. The number of benzene rings is 1. The number of alkyl carbamates (subject to hydrolysis) is 1. The molecule has 3 atom stereocenters. The summed E-state index contributed by atoms with van der Waals surface area (Å²) in [6.07, 6.45) is 3.48. The largest absolute Gasteiger partial charge is 0.494 e. The van der Waals surface area contributed by atoms with Crippen molar-refractivity contribution >= 4 is 23.9 Å². The lowest BCUT2D eigenvalue weighted by molar-refractivity contribution is -0.139. The lowest BCUT2D eigenvalue weighted by Crippen LogP contribution is -2.49. The first kappa shape index (κ1) is 33.1. The van der Waals surface area contributed by atoms with Crippen molar-refractivity contribution in [1.82, 2.24) is 20.4 Å². The third-order valence-corrected chi connectivity index (χ3v) is 8.39. The van der Waals surface area contributed by atoms with E-state index in [4.69, 9.17) is 19.7 Å². The van der Waals surface area contributed by atoms with Gasteiger partial charge in [0.1, 0.15) is 23.4 Å². The third kappa shape index (κ3) is 8.63. The molecule has 0 spiro atoms. The number of carbonyl (C=O) groups is 3. The lowest BCUT2D eigenvalue weighted by atomic mass is 9.84. The van der Waals surface area contributed by atoms with Gasteiger partial charge in [0.25, 0.3) is 5.91 Å². The van der Waals surface area contributed by atoms with Crippen LogP contribution in [0.3, 0.4) is 0 Å². The standard InChI is InChI=1S/C32H48N6O6/c1-20(2)28-35-30(44-36-28)37-17-13-22(14-18-37)21(3)15-19-42-24-11-9-23(10-12-24)26(34-31(41)43-32(4,5)6)29(40)38-16-7-8-25(38)27(33)39/h9-12,20-22,25-26H,7-8,13-19H2,1-6H3,(H2,33,39)(H,34,41)/t21-,25+,26+/m1/s1. The van der Waals surface area contributed by atoms with Crippen LogP contribution in [0.5, 0.6) is 5.75 Å². The number of nitrogens with zero attached hydrogens (tertiary/aromatic N) is 4. The van der Waals surface area contributed by atoms with Crippen LogP contribution in [0.25, 0.3) is 0 Å². The van der Waals surface area contributed by atoms with Crippen LogP contribution in [0.15, 0.2) is 28.8 Å². The molecule has 44 heavy (non-hydrogen) atoms. The van der Waals surface area contributed by atoms with Crippen molar-refractivity contribution in [2.24, 2.45) is 17.6 Å². The Balaban J connectivity index is 1.31. The molecule has 2 saturated heterocycles. The van der Waals surface area contributed by atoms with Crippen LogP contribution in [-0.4, -0.2) is 70.8 Å². The van der Waals surface area contributed by atoms with Crippen molar-refractivity contribution < 1.29 is 28.4 Å². The van der Waals surface area contributed by atoms with Gasteiger partial charge < -0.3 is 34.8 Å². The normalized spacial score (nSPS) is 19.1. The minimum absolute atomic E-state index is 0.241. The van der Waals surface area contributed by atoms with Gasteiger partial charge in [0.2, 0.25) is 5.91 Å². The van der Waals surface area contributed by atoms with Crippen molar-refractivity contribution in [1.29, 1.82) is 0 Å². The number of likely N-dealkylation sites (tertiary alicyclic amines) is 1. The second-order valence-corrected chi connectivity index (χ2v) is 13.3. The van der Waals surface area contributed by atoms with Crippen molar-refractivity contribution in [2.75, 3.05) is 31.1 Å². The molecule has 242 valence electrons. The fourth-order valence-electron chi connectivity index (χ4n) is 5.81. The Morgan fingerprint density at radius 1 is 1.07 bits per heavy atom. The lowest BCUT2D eigenvalue weighted by Gasteiger charge is -2.33. The minimum atomic E-state index is -1.03. The molecule has 0 unspecified atom stereocenters. The van der Waals surface area contributed by atoms with Crippen LogP contribution in [-0.2, 0) is 14.3 Å². The number of nitrogens with one attached hydrogen (secondary N) is 1. The fraction of sp³-hybridized carbons (Fsp3) is 0.656. The third-order valence-electron chi connectivity index (χ3n) is 8.39. The number of ether oxygens (including phenoxy) is 2. The average Bonchev–Trinajstić information content (AvgIpc) is 3.66. The summed E-state index contributed by atoms with van der Waals surface area (Å²) >= 11 is 0. The van der Waals surface area contributed by atoms with Gasteiger partial charge in [0.05, 0.1) is 6.61 Å². The molecule has 3 heterocycles. The summed E-state index contributed by atoms with van der Waals surface area (Å²) in [6.45, 7) is 14.4. The van der Waals surface area contributed by atoms with Gasteiger partial charge >= 0.3 is 12.1 Å². The highest BCUT2D eigenvalue weighted by molar-refractivity contribution is 5.92. The maximum Gasteiger partial charge on any atom is 0.408 e. The van der Waals surface area contributed by atoms with E-state index >= 15 is 0 Å². The number of hydrogen-bond acceptors (Lipinski definition) is 9. The van der Waals surface area contributed by atoms with Gasteiger partial charge in [-0.05, 0) is 82.4 Å². The topological polar surface area (TPSA) is 153 Å². The first-order valence-electron chi connectivity index (χ1n) is 15.7. The molecule has 2 aliphatic rings. The van der Waals surface area contributed by atoms with Crippen LogP contribution in [0.1, 0.15) is 97.0 Å². The molecular weight excluding hydrogens is 564 g/mol. The Bertz CT molecular complexity index is 1260. The summed E-state index contributed by atoms with van der Waals surface area (Å²) in [5.74, 6) is 1.78. The summed E-state index contributed by atoms with van der Waals surface area (Å²) < 4.78 is 16.9. The molecule has 2 aliphatic heterocycles. The summed E-state index contributed by atoms with van der Waals surface area (Å²) in [7, 11) is 0. The number of aromatic nitrogens is 2. The zero-order valence-electron chi connectivity index (χ0n) is 26.9. The number of nitrogens with two attached hydrogens (primary N) is 1. The van der Waals surface area contributed by atoms with Gasteiger partial charge in [-0.25, -0.2) is 4.79 Å². The van der Waals surface area contributed by atoms with E-state index in [0.29, 0.717) is 55.2 Å². The molecule has 1 aromatic heterocycles. The molecule has 3 N–H and O–H groups in total. The van der Waals surface area contributed by atoms with Gasteiger partial charge in [0.15, 0.2) is 5.82 Å². The second kappa shape index (κ2) is 14.3. The molecule has 1 aromatic carbocycles. The number of piperidine rings is 1. The van der Waals surface area contributed by atoms with E-state index in [1.54, 1.807) is 45.0 Å². The molecule has 0 saturated carbocycles. The molecule has 12 nitrogen and oxygen atoms in total. The number of carbonyl (C=O) groups excluding carboxylic acids is 3. The van der Waals surface area contributed by atoms with E-state index in [2.05, 4.69) is 41.1 Å². The van der Waals surface area contributed by atoms with Gasteiger partial charge in [0, 0.05) is 25.6 Å². The van der Waals surface area contributed by atoms with Gasteiger partial charge in [-0.2, -0.15) is 4.98 Å². The highest BCUT2D eigenvalue weighted by atomic mass is 16.6. The van der Waals surface area contributed by atoms with Gasteiger partial charge in [-0.15, -0.1) is 0 Å². The van der Waals surface area contributed by atoms with Crippen molar-refractivity contribution in [3.8, 4) is 5.75 Å². The Morgan fingerprint density at radius 3 is 2.34 bits per heavy atom. The van der Waals surface area contributed by atoms with Crippen LogP contribution < -0.4 is 20.7 Å². The summed E-state index contributed by atoms with van der Waals surface area (Å²) in [5, 5.41) is 6.78. The second-order valence-electron chi connectivity index (χ2n) is 13.3. The summed E-state index contributed by atoms with van der Waals surface area (Å²) in [4.78, 5) is 46.4. The molecular formula is C32H48N6O6. The minimum Gasteiger partial charge on any atom is -0.494 e. The van der Waals surface area contributed by atoms with Crippen LogP contribution in [0.4, 0.5) is 10.8 Å². The Morgan fingerprint density at radius 2 is 1.75 bits per heavy atom. The van der Waals surface area contributed by atoms with Crippen LogP contribution >= 0.6 is 0 Å². The molecule has 2 aromatic rings. The zero-order chi connectivity index (χ0) is 32.0. The summed E-state index contributed by atoms with van der Waals surface area (Å²) in [6, 6.07) is 5.98. The maximum absolute atomic E-state index is 13.6. The molecule has 2 fully saturated rings. The number of anilines is 1. The van der Waals surface area contributed by atoms with E-state index in [-0.39, 0.29) is 5.92 Å². The van der Waals surface area contributed by atoms with Crippen molar-refractivity contribution in [2.45, 2.75) is 97.2 Å². The molecule has 0 bridgehead atoms. The molecule has 3 amide bonds. The monoisotopic (exact) mass is 612 g/mol. The van der Waals surface area contributed by atoms with E-state index in [1.807, 2.05) is 0 Å².